The van der Waals surface area contributed by atoms with Crippen LogP contribution in [0.1, 0.15) is 16.1 Å². The summed E-state index contributed by atoms with van der Waals surface area (Å²) in [5, 5.41) is 10.8. The van der Waals surface area contributed by atoms with Gasteiger partial charge in [0.25, 0.3) is 5.91 Å². The number of rotatable bonds is 6. The first kappa shape index (κ1) is 18.0. The Bertz CT molecular complexity index is 951. The second-order valence-electron chi connectivity index (χ2n) is 5.08. The summed E-state index contributed by atoms with van der Waals surface area (Å²) in [6.45, 7) is 0. The smallest absolute Gasteiger partial charge is 0.291 e. The van der Waals surface area contributed by atoms with Crippen LogP contribution in [0, 0.1) is 0 Å². The lowest BCUT2D eigenvalue weighted by Crippen LogP contribution is -2.18. The number of thiophene rings is 1. The van der Waals surface area contributed by atoms with Crippen molar-refractivity contribution in [2.45, 2.75) is 0 Å². The van der Waals surface area contributed by atoms with Crippen molar-refractivity contribution in [1.82, 2.24) is 15.6 Å². The van der Waals surface area contributed by atoms with Gasteiger partial charge >= 0.3 is 0 Å². The molecule has 0 saturated carbocycles. The summed E-state index contributed by atoms with van der Waals surface area (Å²) >= 11 is 7.32. The molecule has 0 radical (unpaired) electrons. The molecule has 0 atom stereocenters. The minimum absolute atomic E-state index is 0.222. The highest BCUT2D eigenvalue weighted by Gasteiger charge is 2.12. The molecule has 0 aliphatic heterocycles. The monoisotopic (exact) mass is 390 g/mol. The summed E-state index contributed by atoms with van der Waals surface area (Å²) in [4.78, 5) is 13.1. The number of carbonyl (C=O) groups excluding carboxylic acids is 1. The Kier molecular flexibility index (Phi) is 5.55. The number of nitrogens with one attached hydrogen (secondary N) is 2. The number of carbonyl (C=O) groups is 1. The van der Waals surface area contributed by atoms with Gasteiger partial charge in [0.15, 0.2) is 5.69 Å². The Morgan fingerprint density at radius 2 is 2.12 bits per heavy atom. The first-order valence-corrected chi connectivity index (χ1v) is 8.66. The van der Waals surface area contributed by atoms with Crippen LogP contribution >= 0.6 is 22.9 Å². The first-order chi connectivity index (χ1) is 12.6. The average molecular weight is 391 g/mol. The fourth-order valence-electron chi connectivity index (χ4n) is 2.18. The maximum Gasteiger partial charge on any atom is 0.291 e. The Balaban J connectivity index is 1.69. The number of benzene rings is 1. The number of methoxy groups -OCH3 is 2. The largest absolute Gasteiger partial charge is 0.497 e. The van der Waals surface area contributed by atoms with Crippen LogP contribution in [0.25, 0.3) is 10.6 Å². The van der Waals surface area contributed by atoms with E-state index in [4.69, 9.17) is 21.1 Å². The molecule has 1 amide bonds. The third-order valence-electron chi connectivity index (χ3n) is 3.46. The molecule has 0 bridgehead atoms. The summed E-state index contributed by atoms with van der Waals surface area (Å²) in [5.41, 5.74) is 4.04. The zero-order chi connectivity index (χ0) is 18.5. The number of amides is 1. The Hall–Kier alpha value is -2.84. The number of aromatic nitrogens is 2. The van der Waals surface area contributed by atoms with Crippen LogP contribution in [-0.4, -0.2) is 36.5 Å². The van der Waals surface area contributed by atoms with E-state index in [1.54, 1.807) is 44.6 Å². The number of hydrogen-bond donors (Lipinski definition) is 2. The molecular weight excluding hydrogens is 376 g/mol. The van der Waals surface area contributed by atoms with Gasteiger partial charge in [0.2, 0.25) is 0 Å². The molecule has 0 fully saturated rings. The quantitative estimate of drug-likeness (QED) is 0.497. The number of aromatic amines is 1. The molecule has 0 unspecified atom stereocenters. The van der Waals surface area contributed by atoms with E-state index in [0.717, 1.165) is 4.88 Å². The van der Waals surface area contributed by atoms with Crippen LogP contribution in [0.5, 0.6) is 11.5 Å². The van der Waals surface area contributed by atoms with Crippen molar-refractivity contribution in [3.8, 4) is 22.1 Å². The van der Waals surface area contributed by atoms with Crippen molar-refractivity contribution in [2.75, 3.05) is 14.2 Å². The van der Waals surface area contributed by atoms with Crippen LogP contribution < -0.4 is 14.9 Å². The van der Waals surface area contributed by atoms with E-state index in [-0.39, 0.29) is 5.69 Å². The predicted molar refractivity (Wildman–Crippen MR) is 102 cm³/mol. The molecule has 2 heterocycles. The lowest BCUT2D eigenvalue weighted by Gasteiger charge is -2.06. The predicted octanol–water partition coefficient (Wildman–Crippen LogP) is 3.57. The number of ether oxygens (including phenoxy) is 2. The summed E-state index contributed by atoms with van der Waals surface area (Å²) in [6, 6.07) is 10.6. The maximum atomic E-state index is 12.2. The molecule has 1 aromatic carbocycles. The number of hydrazone groups is 1. The van der Waals surface area contributed by atoms with Crippen molar-refractivity contribution in [2.24, 2.45) is 5.10 Å². The van der Waals surface area contributed by atoms with Gasteiger partial charge in [-0.1, -0.05) is 11.6 Å². The molecule has 0 aliphatic rings. The van der Waals surface area contributed by atoms with Crippen molar-refractivity contribution >= 4 is 35.1 Å². The summed E-state index contributed by atoms with van der Waals surface area (Å²) < 4.78 is 11.1. The molecule has 3 aromatic rings. The van der Waals surface area contributed by atoms with E-state index in [1.165, 1.54) is 17.6 Å². The number of H-pyrrole nitrogens is 1. The highest BCUT2D eigenvalue weighted by Crippen LogP contribution is 2.29. The Labute approximate surface area is 158 Å². The molecule has 3 rings (SSSR count). The molecular formula is C17H15ClN4O3S. The zero-order valence-corrected chi connectivity index (χ0v) is 15.5. The summed E-state index contributed by atoms with van der Waals surface area (Å²) in [5.74, 6) is 0.832. The van der Waals surface area contributed by atoms with Crippen LogP contribution in [0.4, 0.5) is 0 Å². The zero-order valence-electron chi connectivity index (χ0n) is 13.9. The Morgan fingerprint density at radius 3 is 2.81 bits per heavy atom. The van der Waals surface area contributed by atoms with Crippen LogP contribution in [0.15, 0.2) is 41.5 Å². The number of nitrogens with zero attached hydrogens (tertiary/aromatic N) is 2. The van der Waals surface area contributed by atoms with Crippen LogP contribution in [0.2, 0.25) is 4.34 Å². The number of halogens is 1. The topological polar surface area (TPSA) is 88.6 Å². The summed E-state index contributed by atoms with van der Waals surface area (Å²) in [6.07, 6.45) is 1.48. The fourth-order valence-corrected chi connectivity index (χ4v) is 3.19. The Morgan fingerprint density at radius 1 is 1.27 bits per heavy atom. The fraction of sp³-hybridized carbons (Fsp3) is 0.118. The van der Waals surface area contributed by atoms with Gasteiger partial charge in [0, 0.05) is 5.56 Å². The van der Waals surface area contributed by atoms with E-state index in [9.17, 15) is 4.79 Å². The number of hydrogen-bond acceptors (Lipinski definition) is 6. The van der Waals surface area contributed by atoms with Crippen molar-refractivity contribution < 1.29 is 14.3 Å². The summed E-state index contributed by atoms with van der Waals surface area (Å²) in [7, 11) is 3.13. The molecule has 7 nitrogen and oxygen atoms in total. The average Bonchev–Trinajstić information content (AvgIpc) is 3.30. The maximum absolute atomic E-state index is 12.2. The minimum Gasteiger partial charge on any atom is -0.497 e. The second kappa shape index (κ2) is 8.03. The van der Waals surface area contributed by atoms with E-state index in [1.807, 2.05) is 6.07 Å². The normalized spacial score (nSPS) is 10.9. The van der Waals surface area contributed by atoms with E-state index >= 15 is 0 Å². The highest BCUT2D eigenvalue weighted by atomic mass is 35.5. The molecule has 0 spiro atoms. The first-order valence-electron chi connectivity index (χ1n) is 7.47. The van der Waals surface area contributed by atoms with Crippen molar-refractivity contribution in [3.05, 3.63) is 52.0 Å². The van der Waals surface area contributed by atoms with Gasteiger partial charge in [-0.2, -0.15) is 10.2 Å². The van der Waals surface area contributed by atoms with Gasteiger partial charge in [-0.3, -0.25) is 9.89 Å². The minimum atomic E-state index is -0.437. The van der Waals surface area contributed by atoms with Crippen molar-refractivity contribution in [3.63, 3.8) is 0 Å². The molecule has 0 saturated heterocycles. The lowest BCUT2D eigenvalue weighted by molar-refractivity contribution is 0.0950. The van der Waals surface area contributed by atoms with Crippen molar-refractivity contribution in [1.29, 1.82) is 0 Å². The molecule has 2 aromatic heterocycles. The van der Waals surface area contributed by atoms with Gasteiger partial charge in [-0.25, -0.2) is 5.43 Å². The van der Waals surface area contributed by atoms with Crippen LogP contribution in [0.3, 0.4) is 0 Å². The molecule has 2 N–H and O–H groups in total. The highest BCUT2D eigenvalue weighted by molar-refractivity contribution is 7.19. The van der Waals surface area contributed by atoms with Gasteiger partial charge in [-0.05, 0) is 36.4 Å². The SMILES string of the molecule is COc1ccc(OC)c(/C=N/NC(=O)c2cc(-c3ccc(Cl)s3)[nH]n2)c1. The third-order valence-corrected chi connectivity index (χ3v) is 4.72. The van der Waals surface area contributed by atoms with E-state index < -0.39 is 5.91 Å². The molecule has 9 heteroatoms. The second-order valence-corrected chi connectivity index (χ2v) is 6.79. The molecule has 26 heavy (non-hydrogen) atoms. The van der Waals surface area contributed by atoms with Gasteiger partial charge in [-0.15, -0.1) is 11.3 Å². The standard InChI is InChI=1S/C17H15ClN4O3S/c1-24-11-3-4-14(25-2)10(7-11)9-19-22-17(23)13-8-12(20-21-13)15-5-6-16(18)26-15/h3-9H,1-2H3,(H,20,21)(H,22,23)/b19-9+. The van der Waals surface area contributed by atoms with Gasteiger partial charge in [0.1, 0.15) is 11.5 Å². The molecule has 134 valence electrons. The van der Waals surface area contributed by atoms with E-state index in [2.05, 4.69) is 20.7 Å². The third kappa shape index (κ3) is 4.04. The lowest BCUT2D eigenvalue weighted by atomic mass is 10.2. The van der Waals surface area contributed by atoms with Gasteiger partial charge in [0.05, 0.1) is 35.3 Å². The van der Waals surface area contributed by atoms with Crippen LogP contribution in [-0.2, 0) is 0 Å². The van der Waals surface area contributed by atoms with E-state index in [0.29, 0.717) is 27.1 Å². The molecule has 0 aliphatic carbocycles. The van der Waals surface area contributed by atoms with Gasteiger partial charge < -0.3 is 9.47 Å².